The van der Waals surface area contributed by atoms with Crippen molar-refractivity contribution in [2.45, 2.75) is 52.5 Å². The number of likely N-dealkylation sites (tertiary alicyclic amines) is 1. The van der Waals surface area contributed by atoms with Crippen LogP contribution in [0.4, 0.5) is 0 Å². The predicted molar refractivity (Wildman–Crippen MR) is 73.6 cm³/mol. The van der Waals surface area contributed by atoms with Gasteiger partial charge in [0.1, 0.15) is 0 Å². The van der Waals surface area contributed by atoms with E-state index < -0.39 is 12.0 Å². The molecule has 0 aromatic heterocycles. The summed E-state index contributed by atoms with van der Waals surface area (Å²) in [5.74, 6) is -0.652. The van der Waals surface area contributed by atoms with Gasteiger partial charge in [0.15, 0.2) is 0 Å². The Hall–Kier alpha value is -1.10. The Bertz CT molecular complexity index is 336. The highest BCUT2D eigenvalue weighted by Gasteiger charge is 2.30. The van der Waals surface area contributed by atoms with E-state index in [0.29, 0.717) is 19.0 Å². The number of amides is 1. The summed E-state index contributed by atoms with van der Waals surface area (Å²) in [4.78, 5) is 24.4. The minimum Gasteiger partial charge on any atom is -0.481 e. The second-order valence-electron chi connectivity index (χ2n) is 6.52. The van der Waals surface area contributed by atoms with Gasteiger partial charge in [0, 0.05) is 13.1 Å². The molecule has 1 fully saturated rings. The van der Waals surface area contributed by atoms with Crippen LogP contribution in [-0.4, -0.2) is 41.0 Å². The standard InChI is InChI=1S/C14H26N2O3/c1-14(2,3)10-5-4-7-16(8-6-10)13(19)11(15)9-12(17)18/h10-11H,4-9,15H2,1-3H3,(H,17,18). The number of aliphatic carboxylic acids is 1. The zero-order valence-corrected chi connectivity index (χ0v) is 12.2. The zero-order valence-electron chi connectivity index (χ0n) is 12.2. The average molecular weight is 270 g/mol. The minimum atomic E-state index is -1.02. The fourth-order valence-electron chi connectivity index (χ4n) is 2.69. The molecule has 0 aromatic rings. The summed E-state index contributed by atoms with van der Waals surface area (Å²) in [6.45, 7) is 8.06. The molecule has 0 saturated carbocycles. The summed E-state index contributed by atoms with van der Waals surface area (Å²) in [5, 5.41) is 8.68. The first-order chi connectivity index (χ1) is 8.71. The van der Waals surface area contributed by atoms with Crippen LogP contribution in [-0.2, 0) is 9.59 Å². The van der Waals surface area contributed by atoms with Crippen LogP contribution in [0.5, 0.6) is 0 Å². The molecule has 0 bridgehead atoms. The van der Waals surface area contributed by atoms with Crippen molar-refractivity contribution in [1.82, 2.24) is 4.90 Å². The lowest BCUT2D eigenvalue weighted by Gasteiger charge is -2.30. The van der Waals surface area contributed by atoms with Crippen LogP contribution in [0.1, 0.15) is 46.5 Å². The summed E-state index contributed by atoms with van der Waals surface area (Å²) in [6.07, 6.45) is 2.75. The second kappa shape index (κ2) is 6.37. The number of nitrogens with zero attached hydrogens (tertiary/aromatic N) is 1. The van der Waals surface area contributed by atoms with Gasteiger partial charge < -0.3 is 15.7 Å². The fourth-order valence-corrected chi connectivity index (χ4v) is 2.69. The van der Waals surface area contributed by atoms with Crippen molar-refractivity contribution < 1.29 is 14.7 Å². The topological polar surface area (TPSA) is 83.6 Å². The number of rotatable bonds is 3. The lowest BCUT2D eigenvalue weighted by atomic mass is 9.77. The van der Waals surface area contributed by atoms with E-state index in [-0.39, 0.29) is 17.7 Å². The van der Waals surface area contributed by atoms with Crippen LogP contribution in [0.15, 0.2) is 0 Å². The molecular weight excluding hydrogens is 244 g/mol. The van der Waals surface area contributed by atoms with Gasteiger partial charge in [0.05, 0.1) is 12.5 Å². The molecule has 0 aromatic carbocycles. The number of hydrogen-bond acceptors (Lipinski definition) is 3. The van der Waals surface area contributed by atoms with Crippen LogP contribution in [0.2, 0.25) is 0 Å². The number of carbonyl (C=O) groups is 2. The Morgan fingerprint density at radius 1 is 1.32 bits per heavy atom. The van der Waals surface area contributed by atoms with E-state index in [1.54, 1.807) is 4.90 Å². The van der Waals surface area contributed by atoms with Gasteiger partial charge in [0.25, 0.3) is 0 Å². The van der Waals surface area contributed by atoms with Crippen LogP contribution in [0.25, 0.3) is 0 Å². The maximum atomic E-state index is 12.1. The van der Waals surface area contributed by atoms with E-state index in [1.807, 2.05) is 0 Å². The molecule has 110 valence electrons. The van der Waals surface area contributed by atoms with Gasteiger partial charge in [-0.2, -0.15) is 0 Å². The Balaban J connectivity index is 2.57. The highest BCUT2D eigenvalue weighted by molar-refractivity contribution is 5.86. The van der Waals surface area contributed by atoms with Crippen molar-refractivity contribution in [3.63, 3.8) is 0 Å². The fraction of sp³-hybridized carbons (Fsp3) is 0.857. The van der Waals surface area contributed by atoms with E-state index in [1.165, 1.54) is 0 Å². The molecular formula is C14H26N2O3. The average Bonchev–Trinajstić information content (AvgIpc) is 2.51. The normalized spacial score (nSPS) is 22.7. The van der Waals surface area contributed by atoms with E-state index in [2.05, 4.69) is 20.8 Å². The first kappa shape index (κ1) is 16.0. The Labute approximate surface area is 115 Å². The first-order valence-corrected chi connectivity index (χ1v) is 6.98. The highest BCUT2D eigenvalue weighted by Crippen LogP contribution is 2.34. The molecule has 3 N–H and O–H groups in total. The van der Waals surface area contributed by atoms with Gasteiger partial charge in [0.2, 0.25) is 5.91 Å². The SMILES string of the molecule is CC(C)(C)C1CCCN(C(=O)C(N)CC(=O)O)CC1. The van der Waals surface area contributed by atoms with E-state index in [4.69, 9.17) is 10.8 Å². The third-order valence-corrected chi connectivity index (χ3v) is 3.98. The molecule has 1 aliphatic rings. The van der Waals surface area contributed by atoms with E-state index >= 15 is 0 Å². The summed E-state index contributed by atoms with van der Waals surface area (Å²) < 4.78 is 0. The molecule has 0 aliphatic carbocycles. The first-order valence-electron chi connectivity index (χ1n) is 6.98. The molecule has 5 nitrogen and oxygen atoms in total. The van der Waals surface area contributed by atoms with Gasteiger partial charge in [-0.15, -0.1) is 0 Å². The number of carboxylic acid groups (broad SMARTS) is 1. The summed E-state index contributed by atoms with van der Waals surface area (Å²) in [5.41, 5.74) is 5.90. The van der Waals surface area contributed by atoms with Crippen LogP contribution >= 0.6 is 0 Å². The maximum absolute atomic E-state index is 12.1. The molecule has 2 atom stereocenters. The number of carbonyl (C=O) groups excluding carboxylic acids is 1. The summed E-state index contributed by atoms with van der Waals surface area (Å²) in [7, 11) is 0. The number of nitrogens with two attached hydrogens (primary N) is 1. The molecule has 1 rings (SSSR count). The van der Waals surface area contributed by atoms with Crippen molar-refractivity contribution in [2.75, 3.05) is 13.1 Å². The van der Waals surface area contributed by atoms with Gasteiger partial charge >= 0.3 is 5.97 Å². The number of carboxylic acids is 1. The number of hydrogen-bond donors (Lipinski definition) is 2. The third-order valence-electron chi connectivity index (χ3n) is 3.98. The van der Waals surface area contributed by atoms with Crippen LogP contribution in [0, 0.1) is 11.3 Å². The predicted octanol–water partition coefficient (Wildman–Crippen LogP) is 1.46. The van der Waals surface area contributed by atoms with Crippen LogP contribution < -0.4 is 5.73 Å². The smallest absolute Gasteiger partial charge is 0.305 e. The highest BCUT2D eigenvalue weighted by atomic mass is 16.4. The molecule has 1 heterocycles. The maximum Gasteiger partial charge on any atom is 0.305 e. The quantitative estimate of drug-likeness (QED) is 0.813. The van der Waals surface area contributed by atoms with E-state index in [0.717, 1.165) is 19.3 Å². The van der Waals surface area contributed by atoms with Crippen molar-refractivity contribution in [2.24, 2.45) is 17.1 Å². The lowest BCUT2D eigenvalue weighted by Crippen LogP contribution is -2.45. The molecule has 0 radical (unpaired) electrons. The lowest BCUT2D eigenvalue weighted by molar-refractivity contribution is -0.142. The van der Waals surface area contributed by atoms with E-state index in [9.17, 15) is 9.59 Å². The second-order valence-corrected chi connectivity index (χ2v) is 6.52. The summed E-state index contributed by atoms with van der Waals surface area (Å²) >= 11 is 0. The van der Waals surface area contributed by atoms with Crippen LogP contribution in [0.3, 0.4) is 0 Å². The third kappa shape index (κ3) is 4.82. The Morgan fingerprint density at radius 3 is 2.47 bits per heavy atom. The molecule has 1 amide bonds. The van der Waals surface area contributed by atoms with Gasteiger partial charge in [-0.1, -0.05) is 20.8 Å². The Morgan fingerprint density at radius 2 is 1.95 bits per heavy atom. The molecule has 2 unspecified atom stereocenters. The van der Waals surface area contributed by atoms with Crippen molar-refractivity contribution in [3.05, 3.63) is 0 Å². The largest absolute Gasteiger partial charge is 0.481 e. The molecule has 5 heteroatoms. The van der Waals surface area contributed by atoms with Crippen molar-refractivity contribution in [3.8, 4) is 0 Å². The minimum absolute atomic E-state index is 0.225. The van der Waals surface area contributed by atoms with Crippen molar-refractivity contribution in [1.29, 1.82) is 0 Å². The van der Waals surface area contributed by atoms with Gasteiger partial charge in [-0.3, -0.25) is 9.59 Å². The molecule has 1 saturated heterocycles. The van der Waals surface area contributed by atoms with Gasteiger partial charge in [-0.25, -0.2) is 0 Å². The Kier molecular flexibility index (Phi) is 5.35. The molecule has 0 spiro atoms. The van der Waals surface area contributed by atoms with Gasteiger partial charge in [-0.05, 0) is 30.6 Å². The van der Waals surface area contributed by atoms with Crippen molar-refractivity contribution >= 4 is 11.9 Å². The molecule has 19 heavy (non-hydrogen) atoms. The molecule has 1 aliphatic heterocycles. The zero-order chi connectivity index (χ0) is 14.6. The summed E-state index contributed by atoms with van der Waals surface area (Å²) in [6, 6.07) is -0.913. The monoisotopic (exact) mass is 270 g/mol.